The van der Waals surface area contributed by atoms with E-state index in [1.165, 1.54) is 30.9 Å². The lowest BCUT2D eigenvalue weighted by molar-refractivity contribution is 0.192. The Morgan fingerprint density at radius 1 is 1.69 bits per heavy atom. The molecule has 0 saturated heterocycles. The molecule has 0 aliphatic carbocycles. The number of ether oxygens (including phenoxy) is 1. The standard InChI is InChI=1S/C8H14ClN3O3S/c1-12(5-7(9)6-15-2)16(13,14)8-3-10-11-4-8/h3-4,7H,5-6H2,1-2H3,(H,10,11). The summed E-state index contributed by atoms with van der Waals surface area (Å²) in [6, 6.07) is 0. The van der Waals surface area contributed by atoms with Crippen LogP contribution in [0.4, 0.5) is 0 Å². The molecule has 0 amide bonds. The van der Waals surface area contributed by atoms with Gasteiger partial charge in [-0.05, 0) is 0 Å². The van der Waals surface area contributed by atoms with E-state index in [1.54, 1.807) is 0 Å². The Bertz CT molecular complexity index is 406. The molecule has 0 radical (unpaired) electrons. The van der Waals surface area contributed by atoms with Gasteiger partial charge in [0.05, 0.1) is 18.2 Å². The van der Waals surface area contributed by atoms with Gasteiger partial charge in [-0.2, -0.15) is 9.40 Å². The van der Waals surface area contributed by atoms with Gasteiger partial charge >= 0.3 is 0 Å². The molecule has 1 aromatic heterocycles. The van der Waals surface area contributed by atoms with Crippen LogP contribution in [0.25, 0.3) is 0 Å². The summed E-state index contributed by atoms with van der Waals surface area (Å²) in [4.78, 5) is 0.122. The molecule has 1 N–H and O–H groups in total. The molecule has 0 aliphatic heterocycles. The first-order valence-electron chi connectivity index (χ1n) is 4.56. The predicted molar refractivity (Wildman–Crippen MR) is 59.9 cm³/mol. The first-order chi connectivity index (χ1) is 7.48. The average molecular weight is 268 g/mol. The van der Waals surface area contributed by atoms with E-state index in [9.17, 15) is 8.42 Å². The van der Waals surface area contributed by atoms with Gasteiger partial charge in [0.1, 0.15) is 4.90 Å². The number of halogens is 1. The summed E-state index contributed by atoms with van der Waals surface area (Å²) >= 11 is 5.89. The van der Waals surface area contributed by atoms with Gasteiger partial charge in [0, 0.05) is 26.9 Å². The fourth-order valence-electron chi connectivity index (χ4n) is 1.17. The highest BCUT2D eigenvalue weighted by Crippen LogP contribution is 2.13. The van der Waals surface area contributed by atoms with E-state index in [2.05, 4.69) is 10.2 Å². The fourth-order valence-corrected chi connectivity index (χ4v) is 2.71. The minimum Gasteiger partial charge on any atom is -0.383 e. The molecule has 1 unspecified atom stereocenters. The van der Waals surface area contributed by atoms with Crippen LogP contribution in [0.2, 0.25) is 0 Å². The van der Waals surface area contributed by atoms with Crippen LogP contribution in [0.5, 0.6) is 0 Å². The average Bonchev–Trinajstić information content (AvgIpc) is 2.70. The van der Waals surface area contributed by atoms with Crippen LogP contribution in [0.1, 0.15) is 0 Å². The van der Waals surface area contributed by atoms with Gasteiger partial charge in [-0.15, -0.1) is 11.6 Å². The van der Waals surface area contributed by atoms with Crippen molar-refractivity contribution in [2.45, 2.75) is 10.3 Å². The van der Waals surface area contributed by atoms with Crippen LogP contribution in [-0.2, 0) is 14.8 Å². The molecule has 8 heteroatoms. The Balaban J connectivity index is 2.70. The highest BCUT2D eigenvalue weighted by Gasteiger charge is 2.23. The zero-order chi connectivity index (χ0) is 12.2. The zero-order valence-electron chi connectivity index (χ0n) is 9.05. The highest BCUT2D eigenvalue weighted by atomic mass is 35.5. The highest BCUT2D eigenvalue weighted by molar-refractivity contribution is 7.89. The van der Waals surface area contributed by atoms with Crippen molar-refractivity contribution in [1.29, 1.82) is 0 Å². The number of nitrogens with zero attached hydrogens (tertiary/aromatic N) is 2. The van der Waals surface area contributed by atoms with Gasteiger partial charge in [0.2, 0.25) is 10.0 Å². The molecule has 0 saturated carbocycles. The summed E-state index contributed by atoms with van der Waals surface area (Å²) in [6.45, 7) is 0.482. The molecule has 1 aromatic rings. The molecule has 1 rings (SSSR count). The number of hydrogen-bond acceptors (Lipinski definition) is 4. The van der Waals surface area contributed by atoms with Crippen LogP contribution in [-0.4, -0.2) is 55.6 Å². The monoisotopic (exact) mass is 267 g/mol. The maximum absolute atomic E-state index is 11.9. The van der Waals surface area contributed by atoms with Gasteiger partial charge in [-0.1, -0.05) is 0 Å². The van der Waals surface area contributed by atoms with E-state index < -0.39 is 10.0 Å². The molecule has 1 heterocycles. The number of H-pyrrole nitrogens is 1. The molecule has 6 nitrogen and oxygen atoms in total. The minimum absolute atomic E-state index is 0.122. The maximum atomic E-state index is 11.9. The number of aromatic nitrogens is 2. The fraction of sp³-hybridized carbons (Fsp3) is 0.625. The summed E-state index contributed by atoms with van der Waals surface area (Å²) in [5.74, 6) is 0. The summed E-state index contributed by atoms with van der Waals surface area (Å²) in [7, 11) is -0.530. The smallest absolute Gasteiger partial charge is 0.245 e. The lowest BCUT2D eigenvalue weighted by atomic mass is 10.4. The van der Waals surface area contributed by atoms with Crippen molar-refractivity contribution in [2.75, 3.05) is 27.3 Å². The Hall–Kier alpha value is -0.630. The second-order valence-electron chi connectivity index (χ2n) is 3.27. The second kappa shape index (κ2) is 5.62. The molecule has 0 fully saturated rings. The molecule has 16 heavy (non-hydrogen) atoms. The molecule has 0 aliphatic rings. The SMILES string of the molecule is COCC(Cl)CN(C)S(=O)(=O)c1cn[nH]c1. The first-order valence-corrected chi connectivity index (χ1v) is 6.44. The van der Waals surface area contributed by atoms with Crippen LogP contribution in [0.15, 0.2) is 17.3 Å². The van der Waals surface area contributed by atoms with E-state index in [1.807, 2.05) is 0 Å². The van der Waals surface area contributed by atoms with Gasteiger partial charge in [0.25, 0.3) is 0 Å². The Morgan fingerprint density at radius 2 is 2.38 bits per heavy atom. The van der Waals surface area contributed by atoms with Crippen molar-refractivity contribution in [3.8, 4) is 0 Å². The number of aromatic amines is 1. The van der Waals surface area contributed by atoms with Gasteiger partial charge in [-0.3, -0.25) is 5.10 Å². The molecule has 1 atom stereocenters. The topological polar surface area (TPSA) is 75.3 Å². The molecule has 0 aromatic carbocycles. The van der Waals surface area contributed by atoms with Crippen LogP contribution in [0, 0.1) is 0 Å². The van der Waals surface area contributed by atoms with Crippen LogP contribution >= 0.6 is 11.6 Å². The van der Waals surface area contributed by atoms with Gasteiger partial charge < -0.3 is 4.74 Å². The maximum Gasteiger partial charge on any atom is 0.245 e. The lowest BCUT2D eigenvalue weighted by Gasteiger charge is -2.18. The Kier molecular flexibility index (Phi) is 4.72. The van der Waals surface area contributed by atoms with E-state index in [4.69, 9.17) is 16.3 Å². The summed E-state index contributed by atoms with van der Waals surface area (Å²) in [5.41, 5.74) is 0. The Morgan fingerprint density at radius 3 is 2.88 bits per heavy atom. The van der Waals surface area contributed by atoms with E-state index in [0.29, 0.717) is 6.61 Å². The molecule has 0 bridgehead atoms. The second-order valence-corrected chi connectivity index (χ2v) is 5.93. The van der Waals surface area contributed by atoms with Crippen molar-refractivity contribution in [2.24, 2.45) is 0 Å². The van der Waals surface area contributed by atoms with Crippen molar-refractivity contribution in [1.82, 2.24) is 14.5 Å². The number of methoxy groups -OCH3 is 1. The molecular weight excluding hydrogens is 254 g/mol. The summed E-state index contributed by atoms with van der Waals surface area (Å²) in [6.07, 6.45) is 2.58. The third-order valence-corrected chi connectivity index (χ3v) is 4.04. The van der Waals surface area contributed by atoms with Crippen molar-refractivity contribution in [3.63, 3.8) is 0 Å². The van der Waals surface area contributed by atoms with E-state index in [-0.39, 0.29) is 16.8 Å². The summed E-state index contributed by atoms with van der Waals surface area (Å²) in [5, 5.41) is 5.68. The molecule has 0 spiro atoms. The number of nitrogens with one attached hydrogen (secondary N) is 1. The number of rotatable bonds is 6. The normalized spacial score (nSPS) is 14.2. The molecule has 92 valence electrons. The van der Waals surface area contributed by atoms with Crippen molar-refractivity contribution >= 4 is 21.6 Å². The predicted octanol–water partition coefficient (Wildman–Crippen LogP) is 0.284. The van der Waals surface area contributed by atoms with Crippen LogP contribution < -0.4 is 0 Å². The lowest BCUT2D eigenvalue weighted by Crippen LogP contribution is -2.33. The van der Waals surface area contributed by atoms with E-state index in [0.717, 1.165) is 0 Å². The third-order valence-electron chi connectivity index (χ3n) is 1.98. The quantitative estimate of drug-likeness (QED) is 0.752. The van der Waals surface area contributed by atoms with Crippen molar-refractivity contribution < 1.29 is 13.2 Å². The minimum atomic E-state index is -3.51. The number of sulfonamides is 1. The van der Waals surface area contributed by atoms with Crippen molar-refractivity contribution in [3.05, 3.63) is 12.4 Å². The Labute approximate surface area is 99.6 Å². The first kappa shape index (κ1) is 13.4. The number of alkyl halides is 1. The van der Waals surface area contributed by atoms with Crippen LogP contribution in [0.3, 0.4) is 0 Å². The number of hydrogen-bond donors (Lipinski definition) is 1. The summed E-state index contributed by atoms with van der Waals surface area (Å²) < 4.78 is 29.8. The third kappa shape index (κ3) is 3.18. The van der Waals surface area contributed by atoms with E-state index >= 15 is 0 Å². The van der Waals surface area contributed by atoms with Gasteiger partial charge in [-0.25, -0.2) is 8.42 Å². The molecular formula is C8H14ClN3O3S. The zero-order valence-corrected chi connectivity index (χ0v) is 10.6. The largest absolute Gasteiger partial charge is 0.383 e. The van der Waals surface area contributed by atoms with Gasteiger partial charge in [0.15, 0.2) is 0 Å².